The summed E-state index contributed by atoms with van der Waals surface area (Å²) >= 11 is 2.02. The average molecular weight is 648 g/mol. The maximum Gasteiger partial charge on any atom is 0.338 e. The number of fused-ring (bicyclic) bond motifs is 2. The molecule has 3 aromatic carbocycles. The van der Waals surface area contributed by atoms with Crippen LogP contribution in [0, 0.1) is 11.7 Å². The average Bonchev–Trinajstić information content (AvgIpc) is 3.48. The lowest BCUT2D eigenvalue weighted by molar-refractivity contribution is -0.122. The van der Waals surface area contributed by atoms with Crippen molar-refractivity contribution in [1.29, 1.82) is 0 Å². The number of hydrogen-bond acceptors (Lipinski definition) is 9. The molecule has 0 bridgehead atoms. The van der Waals surface area contributed by atoms with Crippen molar-refractivity contribution in [2.75, 3.05) is 23.9 Å². The van der Waals surface area contributed by atoms with Gasteiger partial charge in [-0.25, -0.2) is 14.1 Å². The largest absolute Gasteiger partial charge is 0.497 e. The van der Waals surface area contributed by atoms with Gasteiger partial charge in [0.2, 0.25) is 17.7 Å². The molecular weight excluding hydrogens is 621 g/mol. The maximum absolute atomic E-state index is 14.1. The monoisotopic (exact) mass is 647 g/mol. The lowest BCUT2D eigenvalue weighted by atomic mass is 9.83. The number of thiazole rings is 1. The van der Waals surface area contributed by atoms with Crippen molar-refractivity contribution in [3.05, 3.63) is 104 Å². The van der Waals surface area contributed by atoms with Crippen LogP contribution in [0.3, 0.4) is 0 Å². The van der Waals surface area contributed by atoms with E-state index < -0.39 is 51.5 Å². The molecule has 1 saturated heterocycles. The summed E-state index contributed by atoms with van der Waals surface area (Å²) in [6.07, 6.45) is 0. The van der Waals surface area contributed by atoms with E-state index in [0.717, 1.165) is 28.0 Å². The van der Waals surface area contributed by atoms with Gasteiger partial charge < -0.3 is 14.8 Å². The summed E-state index contributed by atoms with van der Waals surface area (Å²) in [4.78, 5) is 67.8. The molecule has 2 aliphatic heterocycles. The summed E-state index contributed by atoms with van der Waals surface area (Å²) in [6, 6.07) is 18.4. The Morgan fingerprint density at radius 2 is 1.62 bits per heavy atom. The Kier molecular flexibility index (Phi) is 8.30. The molecule has 3 heterocycles. The number of imide groups is 1. The van der Waals surface area contributed by atoms with Crippen molar-refractivity contribution >= 4 is 58.2 Å². The first-order valence-corrected chi connectivity index (χ1v) is 15.6. The highest BCUT2D eigenvalue weighted by Gasteiger charge is 2.56. The van der Waals surface area contributed by atoms with Gasteiger partial charge in [-0.05, 0) is 73.2 Å². The van der Waals surface area contributed by atoms with E-state index in [9.17, 15) is 28.4 Å². The minimum absolute atomic E-state index is 0.208. The van der Waals surface area contributed by atoms with Gasteiger partial charge in [-0.1, -0.05) is 35.2 Å². The van der Waals surface area contributed by atoms with Crippen molar-refractivity contribution in [2.24, 2.45) is 5.92 Å². The fraction of sp³-hybridized carbons (Fsp3) is 0.219. The lowest BCUT2D eigenvalue weighted by Crippen LogP contribution is -2.33. The molecule has 1 aromatic heterocycles. The molecule has 2 aliphatic rings. The van der Waals surface area contributed by atoms with E-state index in [4.69, 9.17) is 9.47 Å². The number of halogens is 1. The zero-order valence-electron chi connectivity index (χ0n) is 24.0. The minimum atomic E-state index is -0.887. The van der Waals surface area contributed by atoms with E-state index in [-0.39, 0.29) is 18.7 Å². The molecular formula is C32H26FN3O7S2. The highest BCUT2D eigenvalue weighted by Crippen LogP contribution is 2.54. The molecule has 10 nitrogen and oxygen atoms in total. The van der Waals surface area contributed by atoms with E-state index in [1.807, 2.05) is 0 Å². The highest BCUT2D eigenvalue weighted by molar-refractivity contribution is 8.00. The third-order valence-electron chi connectivity index (χ3n) is 7.59. The second kappa shape index (κ2) is 12.3. The van der Waals surface area contributed by atoms with Gasteiger partial charge >= 0.3 is 10.8 Å². The fourth-order valence-electron chi connectivity index (χ4n) is 5.52. The normalized spacial score (nSPS) is 18.7. The van der Waals surface area contributed by atoms with E-state index in [2.05, 4.69) is 5.32 Å². The second-order valence-electron chi connectivity index (χ2n) is 10.3. The van der Waals surface area contributed by atoms with E-state index in [1.165, 1.54) is 60.2 Å². The van der Waals surface area contributed by atoms with Crippen LogP contribution in [-0.4, -0.2) is 47.2 Å². The van der Waals surface area contributed by atoms with Gasteiger partial charge in [0, 0.05) is 16.5 Å². The van der Waals surface area contributed by atoms with Crippen molar-refractivity contribution in [1.82, 2.24) is 4.57 Å². The summed E-state index contributed by atoms with van der Waals surface area (Å²) < 4.78 is 25.0. The summed E-state index contributed by atoms with van der Waals surface area (Å²) in [5.74, 6) is -3.28. The van der Waals surface area contributed by atoms with Crippen molar-refractivity contribution in [3.8, 4) is 5.75 Å². The molecule has 3 amide bonds. The fourth-order valence-corrected chi connectivity index (χ4v) is 8.29. The first kappa shape index (κ1) is 30.3. The number of esters is 1. The molecule has 0 aliphatic carbocycles. The molecule has 6 rings (SSSR count). The van der Waals surface area contributed by atoms with Gasteiger partial charge in [0.15, 0.2) is 0 Å². The number of aromatic nitrogens is 1. The molecule has 13 heteroatoms. The predicted octanol–water partition coefficient (Wildman–Crippen LogP) is 4.67. The molecule has 2 unspecified atom stereocenters. The number of ether oxygens (including phenoxy) is 2. The van der Waals surface area contributed by atoms with Crippen LogP contribution in [0.4, 0.5) is 15.8 Å². The Bertz CT molecular complexity index is 1850. The van der Waals surface area contributed by atoms with Crippen LogP contribution in [0.25, 0.3) is 0 Å². The number of nitrogens with zero attached hydrogens (tertiary/aromatic N) is 2. The summed E-state index contributed by atoms with van der Waals surface area (Å²) in [5, 5.41) is 2.21. The number of anilines is 2. The van der Waals surface area contributed by atoms with Gasteiger partial charge in [0.1, 0.15) is 23.4 Å². The third kappa shape index (κ3) is 5.64. The maximum atomic E-state index is 14.1. The summed E-state index contributed by atoms with van der Waals surface area (Å²) in [5.41, 5.74) is 1.66. The molecule has 1 N–H and O–H groups in total. The molecule has 0 spiro atoms. The van der Waals surface area contributed by atoms with E-state index in [1.54, 1.807) is 31.2 Å². The van der Waals surface area contributed by atoms with Crippen LogP contribution in [0.5, 0.6) is 5.75 Å². The van der Waals surface area contributed by atoms with Crippen LogP contribution < -0.4 is 19.8 Å². The van der Waals surface area contributed by atoms with Crippen LogP contribution in [0.2, 0.25) is 0 Å². The van der Waals surface area contributed by atoms with Crippen molar-refractivity contribution < 1.29 is 33.0 Å². The SMILES string of the molecule is CCOC(=O)c1ccc(N2C(=O)C3Sc4c(sc(=O)n4CC(=O)Nc4ccc(F)cc4)[C@H](c4ccc(OC)cc4)C3C2=O)cc1. The lowest BCUT2D eigenvalue weighted by Gasteiger charge is -2.30. The molecule has 230 valence electrons. The number of carbonyl (C=O) groups is 4. The zero-order valence-corrected chi connectivity index (χ0v) is 25.7. The number of rotatable bonds is 8. The first-order valence-electron chi connectivity index (χ1n) is 13.9. The summed E-state index contributed by atoms with van der Waals surface area (Å²) in [7, 11) is 1.54. The van der Waals surface area contributed by atoms with Crippen LogP contribution in [-0.2, 0) is 25.7 Å². The molecule has 3 atom stereocenters. The van der Waals surface area contributed by atoms with Crippen LogP contribution in [0.15, 0.2) is 82.6 Å². The predicted molar refractivity (Wildman–Crippen MR) is 166 cm³/mol. The van der Waals surface area contributed by atoms with Gasteiger partial charge in [0.25, 0.3) is 0 Å². The quantitative estimate of drug-likeness (QED) is 0.216. The Morgan fingerprint density at radius 1 is 0.933 bits per heavy atom. The number of amides is 3. The van der Waals surface area contributed by atoms with Gasteiger partial charge in [-0.2, -0.15) is 0 Å². The van der Waals surface area contributed by atoms with Gasteiger partial charge in [-0.15, -0.1) is 0 Å². The van der Waals surface area contributed by atoms with Crippen LogP contribution >= 0.6 is 23.1 Å². The smallest absolute Gasteiger partial charge is 0.338 e. The Morgan fingerprint density at radius 3 is 2.27 bits per heavy atom. The number of thioether (sulfide) groups is 1. The van der Waals surface area contributed by atoms with E-state index in [0.29, 0.717) is 32.6 Å². The molecule has 0 saturated carbocycles. The second-order valence-corrected chi connectivity index (χ2v) is 12.4. The molecule has 1 fully saturated rings. The summed E-state index contributed by atoms with van der Waals surface area (Å²) in [6.45, 7) is 1.56. The number of hydrogen-bond donors (Lipinski definition) is 1. The standard InChI is InChI=1S/C32H26FN3O7S2/c1-3-43-31(40)18-4-12-21(13-5-18)36-28(38)25-24(17-6-14-22(42-2)15-7-17)27-30(44-26(25)29(36)39)35(32(41)45-27)16-23(37)34-20-10-8-19(33)9-11-20/h4-15,24-26H,3,16H2,1-2H3,(H,34,37)/t24-,25?,26?/m1/s1. The molecule has 45 heavy (non-hydrogen) atoms. The van der Waals surface area contributed by atoms with Crippen LogP contribution in [0.1, 0.15) is 33.6 Å². The number of benzene rings is 3. The third-order valence-corrected chi connectivity index (χ3v) is 10.2. The Hall–Kier alpha value is -4.75. The number of methoxy groups -OCH3 is 1. The number of carbonyl (C=O) groups excluding carboxylic acids is 4. The topological polar surface area (TPSA) is 124 Å². The first-order chi connectivity index (χ1) is 21.7. The van der Waals surface area contributed by atoms with Gasteiger partial charge in [0.05, 0.1) is 35.9 Å². The Balaban J connectivity index is 1.37. The number of nitrogens with one attached hydrogen (secondary N) is 1. The highest BCUT2D eigenvalue weighted by atomic mass is 32.2. The van der Waals surface area contributed by atoms with E-state index >= 15 is 0 Å². The minimum Gasteiger partial charge on any atom is -0.497 e. The molecule has 4 aromatic rings. The Labute approximate surface area is 264 Å². The van der Waals surface area contributed by atoms with Crippen molar-refractivity contribution in [3.63, 3.8) is 0 Å². The molecule has 0 radical (unpaired) electrons. The zero-order chi connectivity index (χ0) is 31.8. The van der Waals surface area contributed by atoms with Crippen molar-refractivity contribution in [2.45, 2.75) is 29.7 Å². The van der Waals surface area contributed by atoms with Gasteiger partial charge in [-0.3, -0.25) is 23.7 Å².